The first-order chi connectivity index (χ1) is 18.7. The van der Waals surface area contributed by atoms with E-state index in [1.54, 1.807) is 37.3 Å². The summed E-state index contributed by atoms with van der Waals surface area (Å²) >= 11 is 0. The molecule has 0 saturated heterocycles. The first-order valence-corrected chi connectivity index (χ1v) is 12.1. The Hall–Kier alpha value is -4.62. The Morgan fingerprint density at radius 2 is 1.74 bits per heavy atom. The summed E-state index contributed by atoms with van der Waals surface area (Å²) < 4.78 is 40.5. The number of benzene rings is 3. The number of nitrogens with one attached hydrogen (secondary N) is 1. The number of carbonyl (C=O) groups excluding carboxylic acids is 2. The van der Waals surface area contributed by atoms with Crippen molar-refractivity contribution in [1.82, 2.24) is 10.2 Å². The van der Waals surface area contributed by atoms with Crippen LogP contribution in [-0.2, 0) is 6.18 Å². The number of urea groups is 2. The molecule has 10 heteroatoms. The lowest BCUT2D eigenvalue weighted by Crippen LogP contribution is -2.53. The number of alkyl halides is 3. The van der Waals surface area contributed by atoms with Gasteiger partial charge in [0.1, 0.15) is 0 Å². The monoisotopic (exact) mass is 534 g/mol. The number of aliphatic hydroxyl groups is 1. The molecule has 3 aromatic carbocycles. The molecule has 0 atom stereocenters. The number of anilines is 1. The molecule has 0 radical (unpaired) electrons. The molecule has 0 bridgehead atoms. The third-order valence-corrected chi connectivity index (χ3v) is 6.38. The number of amides is 4. The van der Waals surface area contributed by atoms with E-state index < -0.39 is 23.8 Å². The largest absolute Gasteiger partial charge is 0.416 e. The van der Waals surface area contributed by atoms with Gasteiger partial charge in [0.2, 0.25) is 0 Å². The van der Waals surface area contributed by atoms with Crippen LogP contribution in [0.1, 0.15) is 30.0 Å². The van der Waals surface area contributed by atoms with Crippen LogP contribution in [0.3, 0.4) is 0 Å². The van der Waals surface area contributed by atoms with E-state index >= 15 is 0 Å². The van der Waals surface area contributed by atoms with Crippen molar-refractivity contribution in [2.45, 2.75) is 19.5 Å². The second kappa shape index (κ2) is 11.4. The molecule has 7 nitrogen and oxygen atoms in total. The van der Waals surface area contributed by atoms with Crippen LogP contribution in [0.2, 0.25) is 0 Å². The highest BCUT2D eigenvalue weighted by molar-refractivity contribution is 6.09. The molecule has 1 heterocycles. The van der Waals surface area contributed by atoms with Gasteiger partial charge < -0.3 is 10.4 Å². The summed E-state index contributed by atoms with van der Waals surface area (Å²) in [5.74, 6) is 0. The molecular formula is C29H25F3N4O3. The molecule has 4 amide bonds. The molecule has 200 valence electrons. The first kappa shape index (κ1) is 27.4. The van der Waals surface area contributed by atoms with Crippen molar-refractivity contribution in [1.29, 1.82) is 5.26 Å². The van der Waals surface area contributed by atoms with Crippen molar-refractivity contribution in [3.63, 3.8) is 0 Å². The van der Waals surface area contributed by atoms with E-state index in [2.05, 4.69) is 11.4 Å². The number of nitriles is 1. The number of halogens is 3. The van der Waals surface area contributed by atoms with E-state index in [-0.39, 0.29) is 31.8 Å². The Kier molecular flexibility index (Phi) is 8.02. The van der Waals surface area contributed by atoms with E-state index in [1.165, 1.54) is 12.1 Å². The summed E-state index contributed by atoms with van der Waals surface area (Å²) in [6.45, 7) is 1.46. The van der Waals surface area contributed by atoms with Crippen molar-refractivity contribution >= 4 is 23.3 Å². The fourth-order valence-corrected chi connectivity index (χ4v) is 4.40. The summed E-state index contributed by atoms with van der Waals surface area (Å²) in [4.78, 5) is 28.7. The van der Waals surface area contributed by atoms with Crippen LogP contribution in [0.25, 0.3) is 16.7 Å². The van der Waals surface area contributed by atoms with Gasteiger partial charge in [-0.2, -0.15) is 18.4 Å². The second-order valence-corrected chi connectivity index (χ2v) is 8.86. The average Bonchev–Trinajstić information content (AvgIpc) is 2.93. The van der Waals surface area contributed by atoms with Crippen molar-refractivity contribution in [2.75, 3.05) is 24.6 Å². The maximum atomic E-state index is 13.6. The molecule has 0 spiro atoms. The highest BCUT2D eigenvalue weighted by Crippen LogP contribution is 2.38. The molecule has 2 N–H and O–H groups in total. The average molecular weight is 535 g/mol. The smallest absolute Gasteiger partial charge is 0.396 e. The fraction of sp³-hybridized carbons (Fsp3) is 0.207. The van der Waals surface area contributed by atoms with Gasteiger partial charge in [0, 0.05) is 18.8 Å². The normalized spacial score (nSPS) is 13.9. The zero-order valence-corrected chi connectivity index (χ0v) is 21.0. The Morgan fingerprint density at radius 3 is 2.38 bits per heavy atom. The number of allylic oxidation sites excluding steroid dienone is 1. The number of hydrogen-bond donors (Lipinski definition) is 2. The SMILES string of the molecule is CC1=C(c2ccccc2-c2ccc(C#N)cc2)CN(C(=O)NCCCO)C(=O)N1c1cccc(C(F)(F)F)c1. The number of rotatable bonds is 6. The van der Waals surface area contributed by atoms with Gasteiger partial charge in [0.15, 0.2) is 0 Å². The highest BCUT2D eigenvalue weighted by Gasteiger charge is 2.37. The van der Waals surface area contributed by atoms with Crippen LogP contribution < -0.4 is 10.2 Å². The predicted octanol–water partition coefficient (Wildman–Crippen LogP) is 6.01. The molecule has 0 saturated carbocycles. The summed E-state index contributed by atoms with van der Waals surface area (Å²) in [5, 5.41) is 20.8. The quantitative estimate of drug-likeness (QED) is 0.379. The standard InChI is InChI=1S/C29H25F3N4O3/c1-19-26(25-9-3-2-8-24(25)21-12-10-20(17-33)11-13-21)18-35(27(38)34-14-5-15-37)28(39)36(19)23-7-4-6-22(16-23)29(30,31)32/h2-4,6-13,16,37H,5,14-15,18H2,1H3,(H,34,38). The van der Waals surface area contributed by atoms with Crippen molar-refractivity contribution in [2.24, 2.45) is 0 Å². The second-order valence-electron chi connectivity index (χ2n) is 8.86. The van der Waals surface area contributed by atoms with Gasteiger partial charge in [-0.3, -0.25) is 4.90 Å². The zero-order chi connectivity index (χ0) is 28.2. The minimum absolute atomic E-state index is 0.0338. The number of nitrogens with zero attached hydrogens (tertiary/aromatic N) is 3. The Bertz CT molecular complexity index is 1460. The highest BCUT2D eigenvalue weighted by atomic mass is 19.4. The molecule has 0 fully saturated rings. The van der Waals surface area contributed by atoms with Crippen molar-refractivity contribution in [3.8, 4) is 17.2 Å². The van der Waals surface area contributed by atoms with Gasteiger partial charge in [-0.25, -0.2) is 14.5 Å². The maximum Gasteiger partial charge on any atom is 0.416 e. The summed E-state index contributed by atoms with van der Waals surface area (Å²) in [7, 11) is 0. The minimum Gasteiger partial charge on any atom is -0.396 e. The Labute approximate surface area is 223 Å². The van der Waals surface area contributed by atoms with Crippen LogP contribution in [0.4, 0.5) is 28.4 Å². The number of imide groups is 1. The third-order valence-electron chi connectivity index (χ3n) is 6.38. The van der Waals surface area contributed by atoms with Gasteiger partial charge in [0.05, 0.1) is 29.4 Å². The molecular weight excluding hydrogens is 509 g/mol. The molecule has 4 rings (SSSR count). The maximum absolute atomic E-state index is 13.6. The third kappa shape index (κ3) is 5.78. The molecule has 3 aromatic rings. The van der Waals surface area contributed by atoms with E-state index in [0.717, 1.165) is 33.1 Å². The first-order valence-electron chi connectivity index (χ1n) is 12.1. The molecule has 39 heavy (non-hydrogen) atoms. The van der Waals surface area contributed by atoms with Crippen LogP contribution in [0.15, 0.2) is 78.5 Å². The topological polar surface area (TPSA) is 96.7 Å². The molecule has 0 aromatic heterocycles. The number of carbonyl (C=O) groups is 2. The van der Waals surface area contributed by atoms with Gasteiger partial charge in [0.25, 0.3) is 0 Å². The lowest BCUT2D eigenvalue weighted by atomic mass is 9.91. The number of hydrogen-bond acceptors (Lipinski definition) is 4. The lowest BCUT2D eigenvalue weighted by molar-refractivity contribution is -0.137. The molecule has 0 unspecified atom stereocenters. The Morgan fingerprint density at radius 1 is 1.05 bits per heavy atom. The summed E-state index contributed by atoms with van der Waals surface area (Å²) in [5.41, 5.74) is 2.68. The van der Waals surface area contributed by atoms with Crippen molar-refractivity contribution < 1.29 is 27.9 Å². The van der Waals surface area contributed by atoms with Gasteiger partial charge in [-0.05, 0) is 65.9 Å². The molecule has 1 aliphatic heterocycles. The fourth-order valence-electron chi connectivity index (χ4n) is 4.40. The molecule has 0 aliphatic carbocycles. The van der Waals surface area contributed by atoms with E-state index in [1.807, 2.05) is 18.2 Å². The van der Waals surface area contributed by atoms with Crippen LogP contribution in [0.5, 0.6) is 0 Å². The van der Waals surface area contributed by atoms with E-state index in [9.17, 15) is 22.8 Å². The van der Waals surface area contributed by atoms with Gasteiger partial charge in [-0.1, -0.05) is 42.5 Å². The van der Waals surface area contributed by atoms with Crippen molar-refractivity contribution in [3.05, 3.63) is 95.2 Å². The number of aliphatic hydroxyl groups excluding tert-OH is 1. The van der Waals surface area contributed by atoms with E-state index in [4.69, 9.17) is 10.4 Å². The molecule has 1 aliphatic rings. The van der Waals surface area contributed by atoms with Gasteiger partial charge in [-0.15, -0.1) is 0 Å². The van der Waals surface area contributed by atoms with Crippen LogP contribution in [-0.4, -0.2) is 41.8 Å². The lowest BCUT2D eigenvalue weighted by Gasteiger charge is -2.37. The Balaban J connectivity index is 1.86. The summed E-state index contributed by atoms with van der Waals surface area (Å²) in [6.07, 6.45) is -4.35. The van der Waals surface area contributed by atoms with E-state index in [0.29, 0.717) is 22.4 Å². The predicted molar refractivity (Wildman–Crippen MR) is 140 cm³/mol. The van der Waals surface area contributed by atoms with Crippen LogP contribution in [0, 0.1) is 11.3 Å². The van der Waals surface area contributed by atoms with Crippen LogP contribution >= 0.6 is 0 Å². The van der Waals surface area contributed by atoms with Gasteiger partial charge >= 0.3 is 18.2 Å². The minimum atomic E-state index is -4.63. The zero-order valence-electron chi connectivity index (χ0n) is 21.0. The summed E-state index contributed by atoms with van der Waals surface area (Å²) in [6, 6.07) is 19.1.